The number of nitrogens with zero attached hydrogens (tertiary/aromatic N) is 4. The quantitative estimate of drug-likeness (QED) is 0.724. The van der Waals surface area contributed by atoms with E-state index in [1.54, 1.807) is 29.0 Å². The van der Waals surface area contributed by atoms with Crippen molar-refractivity contribution in [1.29, 1.82) is 5.26 Å². The summed E-state index contributed by atoms with van der Waals surface area (Å²) in [5, 5.41) is 13.4. The maximum absolute atomic E-state index is 8.89. The zero-order valence-corrected chi connectivity index (χ0v) is 11.3. The molecule has 5 nitrogen and oxygen atoms in total. The van der Waals surface area contributed by atoms with Crippen LogP contribution in [0.1, 0.15) is 5.56 Å². The number of nitriles is 1. The van der Waals surface area contributed by atoms with Gasteiger partial charge in [0.15, 0.2) is 0 Å². The molecule has 6 heteroatoms. The third kappa shape index (κ3) is 2.17. The van der Waals surface area contributed by atoms with Crippen LogP contribution < -0.4 is 0 Å². The molecular weight excluding hydrogens is 276 g/mol. The summed E-state index contributed by atoms with van der Waals surface area (Å²) in [4.78, 5) is 4.33. The molecule has 0 saturated heterocycles. The van der Waals surface area contributed by atoms with Crippen molar-refractivity contribution in [3.05, 3.63) is 47.1 Å². The lowest BCUT2D eigenvalue weighted by Crippen LogP contribution is -1.89. The molecule has 2 heterocycles. The normalized spacial score (nSPS) is 10.4. The summed E-state index contributed by atoms with van der Waals surface area (Å²) >= 11 is 5.94. The smallest absolute Gasteiger partial charge is 0.274 e. The van der Waals surface area contributed by atoms with Crippen LogP contribution in [-0.2, 0) is 7.05 Å². The highest BCUT2D eigenvalue weighted by atomic mass is 35.5. The second-order valence-corrected chi connectivity index (χ2v) is 4.71. The van der Waals surface area contributed by atoms with Crippen LogP contribution >= 0.6 is 11.6 Å². The third-order valence-corrected chi connectivity index (χ3v) is 3.10. The van der Waals surface area contributed by atoms with E-state index >= 15 is 0 Å². The monoisotopic (exact) mass is 284 g/mol. The molecule has 0 bridgehead atoms. The number of halogens is 1. The van der Waals surface area contributed by atoms with Crippen LogP contribution in [0.25, 0.3) is 23.0 Å². The maximum atomic E-state index is 8.89. The molecule has 0 N–H and O–H groups in total. The molecule has 98 valence electrons. The van der Waals surface area contributed by atoms with Crippen LogP contribution in [0.4, 0.5) is 0 Å². The fourth-order valence-corrected chi connectivity index (χ4v) is 2.10. The summed E-state index contributed by atoms with van der Waals surface area (Å²) in [6.45, 7) is 0. The molecule has 0 amide bonds. The molecule has 3 rings (SSSR count). The van der Waals surface area contributed by atoms with E-state index in [1.807, 2.05) is 19.2 Å². The molecule has 0 aliphatic carbocycles. The van der Waals surface area contributed by atoms with Crippen molar-refractivity contribution in [2.24, 2.45) is 7.05 Å². The molecule has 1 aromatic carbocycles. The summed E-state index contributed by atoms with van der Waals surface area (Å²) in [5.41, 5.74) is 2.02. The second kappa shape index (κ2) is 4.83. The maximum Gasteiger partial charge on any atom is 0.274 e. The molecule has 0 atom stereocenters. The van der Waals surface area contributed by atoms with Gasteiger partial charge >= 0.3 is 0 Å². The van der Waals surface area contributed by atoms with Gasteiger partial charge in [-0.2, -0.15) is 10.2 Å². The molecule has 0 unspecified atom stereocenters. The highest BCUT2D eigenvalue weighted by Crippen LogP contribution is 2.24. The van der Waals surface area contributed by atoms with Crippen LogP contribution in [0.15, 0.2) is 41.1 Å². The average Bonchev–Trinajstić information content (AvgIpc) is 3.05. The predicted octanol–water partition coefficient (Wildman–Crippen LogP) is 3.27. The summed E-state index contributed by atoms with van der Waals surface area (Å²) in [5.74, 6) is 0.825. The molecule has 0 aliphatic heterocycles. The summed E-state index contributed by atoms with van der Waals surface area (Å²) in [6.07, 6.45) is 1.71. The lowest BCUT2D eigenvalue weighted by atomic mass is 10.2. The highest BCUT2D eigenvalue weighted by molar-refractivity contribution is 6.30. The van der Waals surface area contributed by atoms with E-state index in [0.29, 0.717) is 28.0 Å². The summed E-state index contributed by atoms with van der Waals surface area (Å²) in [6, 6.07) is 11.0. The lowest BCUT2D eigenvalue weighted by molar-refractivity contribution is 0.429. The van der Waals surface area contributed by atoms with E-state index < -0.39 is 0 Å². The second-order valence-electron chi connectivity index (χ2n) is 4.27. The number of hydrogen-bond donors (Lipinski definition) is 0. The van der Waals surface area contributed by atoms with Gasteiger partial charge in [0, 0.05) is 23.8 Å². The molecule has 0 fully saturated rings. The average molecular weight is 285 g/mol. The molecule has 0 aliphatic rings. The van der Waals surface area contributed by atoms with E-state index in [0.717, 1.165) is 5.56 Å². The first kappa shape index (κ1) is 12.5. The fourth-order valence-electron chi connectivity index (χ4n) is 1.91. The lowest BCUT2D eigenvalue weighted by Gasteiger charge is -1.95. The van der Waals surface area contributed by atoms with Crippen molar-refractivity contribution < 1.29 is 4.52 Å². The summed E-state index contributed by atoms with van der Waals surface area (Å²) < 4.78 is 7.02. The van der Waals surface area contributed by atoms with E-state index in [4.69, 9.17) is 21.4 Å². The molecule has 20 heavy (non-hydrogen) atoms. The van der Waals surface area contributed by atoms with Crippen molar-refractivity contribution in [3.63, 3.8) is 0 Å². The van der Waals surface area contributed by atoms with Gasteiger partial charge in [-0.1, -0.05) is 28.9 Å². The molecule has 0 spiro atoms. The van der Waals surface area contributed by atoms with Gasteiger partial charge in [0.2, 0.25) is 5.82 Å². The number of rotatable bonds is 2. The molecule has 3 aromatic rings. The standard InChI is InChI=1S/C14H9ClN4O/c1-19-8-9(7-16)5-12(19)14-17-13(18-20-14)10-3-2-4-11(15)6-10/h2-6,8H,1H3. The fraction of sp³-hybridized carbons (Fsp3) is 0.0714. The van der Waals surface area contributed by atoms with Crippen molar-refractivity contribution in [2.45, 2.75) is 0 Å². The first-order valence-corrected chi connectivity index (χ1v) is 6.21. The minimum Gasteiger partial charge on any atom is -0.345 e. The Morgan fingerprint density at radius 1 is 1.35 bits per heavy atom. The Balaban J connectivity index is 2.02. The predicted molar refractivity (Wildman–Crippen MR) is 73.9 cm³/mol. The Morgan fingerprint density at radius 2 is 2.20 bits per heavy atom. The molecule has 0 saturated carbocycles. The number of aromatic nitrogens is 3. The van der Waals surface area contributed by atoms with Crippen LogP contribution in [0.5, 0.6) is 0 Å². The largest absolute Gasteiger partial charge is 0.345 e. The van der Waals surface area contributed by atoms with E-state index in [1.165, 1.54) is 0 Å². The van der Waals surface area contributed by atoms with Gasteiger partial charge in [0.05, 0.1) is 5.56 Å². The van der Waals surface area contributed by atoms with Gasteiger partial charge in [0.1, 0.15) is 11.8 Å². The zero-order chi connectivity index (χ0) is 14.1. The number of aryl methyl sites for hydroxylation is 1. The Bertz CT molecular complexity index is 813. The van der Waals surface area contributed by atoms with E-state index in [2.05, 4.69) is 16.2 Å². The highest BCUT2D eigenvalue weighted by Gasteiger charge is 2.14. The van der Waals surface area contributed by atoms with Gasteiger partial charge in [0.25, 0.3) is 5.89 Å². The van der Waals surface area contributed by atoms with Crippen molar-refractivity contribution in [3.8, 4) is 29.0 Å². The molecule has 0 radical (unpaired) electrons. The minimum atomic E-state index is 0.365. The van der Waals surface area contributed by atoms with Crippen LogP contribution in [0.2, 0.25) is 5.02 Å². The summed E-state index contributed by atoms with van der Waals surface area (Å²) in [7, 11) is 1.82. The Morgan fingerprint density at radius 3 is 2.90 bits per heavy atom. The first-order valence-electron chi connectivity index (χ1n) is 5.84. The van der Waals surface area contributed by atoms with E-state index in [-0.39, 0.29) is 0 Å². The van der Waals surface area contributed by atoms with E-state index in [9.17, 15) is 0 Å². The first-order chi connectivity index (χ1) is 9.67. The number of benzene rings is 1. The van der Waals surface area contributed by atoms with Gasteiger partial charge in [-0.25, -0.2) is 0 Å². The van der Waals surface area contributed by atoms with Crippen molar-refractivity contribution in [1.82, 2.24) is 14.7 Å². The van der Waals surface area contributed by atoms with Gasteiger partial charge < -0.3 is 9.09 Å². The third-order valence-electron chi connectivity index (χ3n) is 2.86. The molecule has 2 aromatic heterocycles. The Labute approximate surface area is 120 Å². The Kier molecular flexibility index (Phi) is 3.01. The zero-order valence-electron chi connectivity index (χ0n) is 10.5. The van der Waals surface area contributed by atoms with Gasteiger partial charge in [-0.15, -0.1) is 0 Å². The molecular formula is C14H9ClN4O. The topological polar surface area (TPSA) is 67.6 Å². The number of hydrogen-bond acceptors (Lipinski definition) is 4. The minimum absolute atomic E-state index is 0.365. The Hall–Kier alpha value is -2.58. The SMILES string of the molecule is Cn1cc(C#N)cc1-c1nc(-c2cccc(Cl)c2)no1. The van der Waals surface area contributed by atoms with Gasteiger partial charge in [-0.3, -0.25) is 0 Å². The van der Waals surface area contributed by atoms with Crippen molar-refractivity contribution >= 4 is 11.6 Å². The van der Waals surface area contributed by atoms with Crippen LogP contribution in [0.3, 0.4) is 0 Å². The van der Waals surface area contributed by atoms with Crippen LogP contribution in [0, 0.1) is 11.3 Å². The van der Waals surface area contributed by atoms with Crippen molar-refractivity contribution in [2.75, 3.05) is 0 Å². The van der Waals surface area contributed by atoms with Gasteiger partial charge in [-0.05, 0) is 18.2 Å². The van der Waals surface area contributed by atoms with Crippen LogP contribution in [-0.4, -0.2) is 14.7 Å².